The molecule has 15 nitrogen and oxygen atoms in total. The molecule has 1 fully saturated rings. The van der Waals surface area contributed by atoms with Crippen LogP contribution in [-0.4, -0.2) is 106 Å². The van der Waals surface area contributed by atoms with Crippen LogP contribution in [0.5, 0.6) is 0 Å². The summed E-state index contributed by atoms with van der Waals surface area (Å²) in [5.74, 6) is -3.25. The summed E-state index contributed by atoms with van der Waals surface area (Å²) in [6, 6.07) is -1.49. The van der Waals surface area contributed by atoms with E-state index in [2.05, 4.69) is 9.50 Å². The summed E-state index contributed by atoms with van der Waals surface area (Å²) in [5.41, 5.74) is 0. The van der Waals surface area contributed by atoms with Crippen LogP contribution in [0.4, 0.5) is 0 Å². The molecule has 7 N–H and O–H groups in total. The zero-order valence-corrected chi connectivity index (χ0v) is 16.1. The van der Waals surface area contributed by atoms with Crippen molar-refractivity contribution in [2.24, 2.45) is 0 Å². The van der Waals surface area contributed by atoms with Crippen molar-refractivity contribution in [2.45, 2.75) is 56.1 Å². The van der Waals surface area contributed by atoms with Crippen LogP contribution in [0.25, 0.3) is 0 Å². The number of ether oxygens (including phenoxy) is 3. The maximum Gasteiger partial charge on any atom is 0.397 e. The first-order valence-corrected chi connectivity index (χ1v) is 9.71. The SMILES string of the molecule is CC(=O)N[C@@H]1[C@@H](O[C@@H]2OC(C(=O)O)=C[C@H](O)[C@H]2OS(=O)(=O)O)[C@@H](O)[C@@H](CO)O[C@H]1O. The molecule has 2 heterocycles. The first-order chi connectivity index (χ1) is 13.8. The van der Waals surface area contributed by atoms with E-state index >= 15 is 0 Å². The van der Waals surface area contributed by atoms with Gasteiger partial charge in [0.15, 0.2) is 12.4 Å². The number of aliphatic hydroxyl groups is 4. The van der Waals surface area contributed by atoms with Gasteiger partial charge >= 0.3 is 16.4 Å². The third-order valence-corrected chi connectivity index (χ3v) is 4.61. The Morgan fingerprint density at radius 2 is 1.87 bits per heavy atom. The van der Waals surface area contributed by atoms with Crippen LogP contribution in [0.15, 0.2) is 11.8 Å². The van der Waals surface area contributed by atoms with E-state index in [-0.39, 0.29) is 0 Å². The molecule has 0 aromatic heterocycles. The van der Waals surface area contributed by atoms with Crippen LogP contribution < -0.4 is 5.32 Å². The minimum atomic E-state index is -5.18. The Morgan fingerprint density at radius 1 is 1.23 bits per heavy atom. The summed E-state index contributed by atoms with van der Waals surface area (Å²) in [7, 11) is -5.18. The smallest absolute Gasteiger partial charge is 0.397 e. The van der Waals surface area contributed by atoms with E-state index in [1.807, 2.05) is 0 Å². The second kappa shape index (κ2) is 9.50. The van der Waals surface area contributed by atoms with E-state index in [4.69, 9.17) is 23.9 Å². The second-order valence-corrected chi connectivity index (χ2v) is 7.41. The van der Waals surface area contributed by atoms with Gasteiger partial charge in [-0.3, -0.25) is 9.35 Å². The van der Waals surface area contributed by atoms with Crippen molar-refractivity contribution >= 4 is 22.3 Å². The highest BCUT2D eigenvalue weighted by Gasteiger charge is 2.50. The Kier molecular flexibility index (Phi) is 7.72. The molecule has 0 saturated carbocycles. The lowest BCUT2D eigenvalue weighted by molar-refractivity contribution is -0.300. The first-order valence-electron chi connectivity index (χ1n) is 8.34. The highest BCUT2D eigenvalue weighted by molar-refractivity contribution is 7.80. The minimum absolute atomic E-state index is 0.578. The number of hydrogen-bond acceptors (Lipinski definition) is 12. The van der Waals surface area contributed by atoms with Gasteiger partial charge in [-0.25, -0.2) is 8.98 Å². The van der Waals surface area contributed by atoms with Gasteiger partial charge in [0, 0.05) is 6.92 Å². The van der Waals surface area contributed by atoms with Crippen molar-refractivity contribution < 1.29 is 66.5 Å². The van der Waals surface area contributed by atoms with Crippen LogP contribution >= 0.6 is 0 Å². The molecule has 30 heavy (non-hydrogen) atoms. The number of aliphatic hydroxyl groups excluding tert-OH is 4. The predicted octanol–water partition coefficient (Wildman–Crippen LogP) is -4.18. The van der Waals surface area contributed by atoms with Gasteiger partial charge < -0.3 is 45.1 Å². The van der Waals surface area contributed by atoms with Gasteiger partial charge in [0.2, 0.25) is 18.0 Å². The van der Waals surface area contributed by atoms with Gasteiger partial charge in [-0.05, 0) is 6.08 Å². The normalized spacial score (nSPS) is 37.1. The molecule has 0 unspecified atom stereocenters. The summed E-state index contributed by atoms with van der Waals surface area (Å²) in [6.07, 6.45) is -12.2. The van der Waals surface area contributed by atoms with Crippen LogP contribution in [0.3, 0.4) is 0 Å². The largest absolute Gasteiger partial charge is 0.475 e. The Bertz CT molecular complexity index is 784. The number of carboxylic acid groups (broad SMARTS) is 1. The number of rotatable bonds is 7. The number of carbonyl (C=O) groups is 2. The Labute approximate surface area is 169 Å². The first kappa shape index (κ1) is 24.4. The lowest BCUT2D eigenvalue weighted by Gasteiger charge is -2.44. The summed E-state index contributed by atoms with van der Waals surface area (Å²) < 4.78 is 50.7. The zero-order chi connectivity index (χ0) is 22.8. The van der Waals surface area contributed by atoms with E-state index in [1.165, 1.54) is 0 Å². The van der Waals surface area contributed by atoms with E-state index in [9.17, 15) is 38.4 Å². The molecular weight excluding hydrogens is 438 g/mol. The van der Waals surface area contributed by atoms with E-state index < -0.39 is 83.8 Å². The number of carboxylic acids is 1. The molecule has 1 amide bonds. The van der Waals surface area contributed by atoms with Gasteiger partial charge in [-0.1, -0.05) is 0 Å². The summed E-state index contributed by atoms with van der Waals surface area (Å²) in [5, 5.41) is 51.1. The quantitative estimate of drug-likeness (QED) is 0.179. The van der Waals surface area contributed by atoms with Crippen molar-refractivity contribution in [1.29, 1.82) is 0 Å². The van der Waals surface area contributed by atoms with Crippen molar-refractivity contribution in [1.82, 2.24) is 5.32 Å². The summed E-state index contributed by atoms with van der Waals surface area (Å²) >= 11 is 0. The van der Waals surface area contributed by atoms with Crippen molar-refractivity contribution in [3.05, 3.63) is 11.8 Å². The molecule has 0 aromatic rings. The molecular formula is C14H21NO14S. The molecule has 1 saturated heterocycles. The zero-order valence-electron chi connectivity index (χ0n) is 15.3. The maximum atomic E-state index is 11.4. The molecule has 172 valence electrons. The van der Waals surface area contributed by atoms with E-state index in [1.54, 1.807) is 0 Å². The Morgan fingerprint density at radius 3 is 2.37 bits per heavy atom. The van der Waals surface area contributed by atoms with E-state index in [0.29, 0.717) is 6.08 Å². The van der Waals surface area contributed by atoms with E-state index in [0.717, 1.165) is 6.92 Å². The Balaban J connectivity index is 2.38. The minimum Gasteiger partial charge on any atom is -0.475 e. The molecule has 0 bridgehead atoms. The molecule has 2 aliphatic rings. The second-order valence-electron chi connectivity index (χ2n) is 6.37. The van der Waals surface area contributed by atoms with Crippen LogP contribution in [0.1, 0.15) is 6.92 Å². The van der Waals surface area contributed by atoms with Crippen LogP contribution in [-0.2, 0) is 38.4 Å². The van der Waals surface area contributed by atoms with Gasteiger partial charge in [0.25, 0.3) is 0 Å². The lowest BCUT2D eigenvalue weighted by Crippen LogP contribution is -2.66. The Hall–Kier alpha value is -1.89. The highest BCUT2D eigenvalue weighted by atomic mass is 32.3. The number of hydrogen-bond donors (Lipinski definition) is 7. The fraction of sp³-hybridized carbons (Fsp3) is 0.714. The van der Waals surface area contributed by atoms with Crippen LogP contribution in [0.2, 0.25) is 0 Å². The van der Waals surface area contributed by atoms with Crippen molar-refractivity contribution in [3.8, 4) is 0 Å². The van der Waals surface area contributed by atoms with Gasteiger partial charge in [-0.15, -0.1) is 0 Å². The lowest BCUT2D eigenvalue weighted by atomic mass is 9.96. The predicted molar refractivity (Wildman–Crippen MR) is 89.5 cm³/mol. The topological polar surface area (TPSA) is 239 Å². The molecule has 0 spiro atoms. The van der Waals surface area contributed by atoms with Gasteiger partial charge in [0.1, 0.15) is 30.5 Å². The fourth-order valence-electron chi connectivity index (χ4n) is 2.90. The average Bonchev–Trinajstić information content (AvgIpc) is 2.61. The summed E-state index contributed by atoms with van der Waals surface area (Å²) in [4.78, 5) is 22.6. The number of carbonyl (C=O) groups excluding carboxylic acids is 1. The number of nitrogens with one attached hydrogen (secondary N) is 1. The molecule has 16 heteroatoms. The van der Waals surface area contributed by atoms with Crippen molar-refractivity contribution in [2.75, 3.05) is 6.61 Å². The molecule has 8 atom stereocenters. The summed E-state index contributed by atoms with van der Waals surface area (Å²) in [6.45, 7) is 0.259. The number of aliphatic carboxylic acids is 1. The molecule has 0 radical (unpaired) electrons. The monoisotopic (exact) mass is 459 g/mol. The molecule has 0 aromatic carbocycles. The maximum absolute atomic E-state index is 11.4. The van der Waals surface area contributed by atoms with Crippen LogP contribution in [0, 0.1) is 0 Å². The molecule has 2 rings (SSSR count). The van der Waals surface area contributed by atoms with Gasteiger partial charge in [0.05, 0.1) is 6.61 Å². The van der Waals surface area contributed by atoms with Gasteiger partial charge in [-0.2, -0.15) is 8.42 Å². The third kappa shape index (κ3) is 5.84. The fourth-order valence-corrected chi connectivity index (χ4v) is 3.39. The molecule has 0 aliphatic carbocycles. The molecule has 2 aliphatic heterocycles. The number of amides is 1. The average molecular weight is 459 g/mol. The van der Waals surface area contributed by atoms with Crippen molar-refractivity contribution in [3.63, 3.8) is 0 Å². The standard InChI is InChI=1S/C14H21NO14S/c1-4(17)15-8-11(9(19)7(3-16)26-13(8)22)28-14-10(29-30(23,24)25)5(18)2-6(27-14)12(20)21/h2,5,7-11,13-14,16,18-19,22H,3H2,1H3,(H,15,17)(H,20,21)(H,23,24,25)/t5-,7+,8+,9-,10+,11+,13+,14-/m0/s1. The highest BCUT2D eigenvalue weighted by Crippen LogP contribution is 2.29. The third-order valence-electron chi connectivity index (χ3n) is 4.15.